The maximum atomic E-state index is 13.3. The Bertz CT molecular complexity index is 1080. The predicted octanol–water partition coefficient (Wildman–Crippen LogP) is 1.68. The number of halogens is 2. The van der Waals surface area contributed by atoms with Crippen LogP contribution < -0.4 is 5.32 Å². The second kappa shape index (κ2) is 8.11. The average molecular weight is 501 g/mol. The van der Waals surface area contributed by atoms with Gasteiger partial charge in [-0.15, -0.1) is 0 Å². The van der Waals surface area contributed by atoms with Crippen LogP contribution in [0.4, 0.5) is 13.6 Å². The molecule has 3 aliphatic heterocycles. The summed E-state index contributed by atoms with van der Waals surface area (Å²) in [5.74, 6) is 0.221. The van der Waals surface area contributed by atoms with E-state index in [1.54, 1.807) is 4.90 Å². The van der Waals surface area contributed by atoms with Crippen LogP contribution in [0.5, 0.6) is 0 Å². The summed E-state index contributed by atoms with van der Waals surface area (Å²) in [6.07, 6.45) is 4.22. The number of morpholine rings is 1. The van der Waals surface area contributed by atoms with Crippen molar-refractivity contribution in [3.63, 3.8) is 0 Å². The third kappa shape index (κ3) is 4.15. The molecule has 0 bridgehead atoms. The van der Waals surface area contributed by atoms with E-state index in [0.717, 1.165) is 19.0 Å². The zero-order valence-electron chi connectivity index (χ0n) is 18.9. The fourth-order valence-corrected chi connectivity index (χ4v) is 6.59. The van der Waals surface area contributed by atoms with Crippen LogP contribution in [0.25, 0.3) is 0 Å². The minimum Gasteiger partial charge on any atom is -0.366 e. The van der Waals surface area contributed by atoms with Gasteiger partial charge in [0.05, 0.1) is 17.0 Å². The quantitative estimate of drug-likeness (QED) is 0.674. The number of pyridine rings is 1. The first kappa shape index (κ1) is 23.4. The van der Waals surface area contributed by atoms with E-state index in [1.807, 2.05) is 4.90 Å². The number of nitrogens with zero attached hydrogens (tertiary/aromatic N) is 3. The van der Waals surface area contributed by atoms with Crippen molar-refractivity contribution in [2.45, 2.75) is 54.9 Å². The highest BCUT2D eigenvalue weighted by Gasteiger charge is 2.54. The van der Waals surface area contributed by atoms with Gasteiger partial charge in [-0.05, 0) is 43.7 Å². The van der Waals surface area contributed by atoms with Gasteiger partial charge in [0.25, 0.3) is 0 Å². The number of carbonyl (C=O) groups excluding carboxylic acids is 2. The summed E-state index contributed by atoms with van der Waals surface area (Å²) in [6.45, 7) is 2.92. The molecule has 188 valence electrons. The van der Waals surface area contributed by atoms with E-state index < -0.39 is 20.0 Å². The fraction of sp³-hybridized carbons (Fsp3) is 0.682. The smallest absolute Gasteiger partial charge is 0.347 e. The topological polar surface area (TPSA) is 109 Å². The molecule has 3 saturated heterocycles. The normalized spacial score (nSPS) is 27.0. The van der Waals surface area contributed by atoms with Crippen LogP contribution in [-0.2, 0) is 25.8 Å². The summed E-state index contributed by atoms with van der Waals surface area (Å²) in [6, 6.07) is 2.53. The molecular formula is C22H30F2N4O5S. The molecule has 34 heavy (non-hydrogen) atoms. The van der Waals surface area contributed by atoms with E-state index in [2.05, 4.69) is 10.3 Å². The van der Waals surface area contributed by atoms with Gasteiger partial charge >= 0.3 is 11.3 Å². The number of aromatic nitrogens is 1. The van der Waals surface area contributed by atoms with Crippen molar-refractivity contribution in [1.29, 1.82) is 0 Å². The average Bonchev–Trinajstić information content (AvgIpc) is 2.73. The molecule has 1 aromatic heterocycles. The molecule has 4 fully saturated rings. The monoisotopic (exact) mass is 500 g/mol. The molecule has 0 aromatic carbocycles. The molecule has 1 aromatic rings. The molecule has 1 N–H and O–H groups in total. The number of likely N-dealkylation sites (tertiary alicyclic amines) is 2. The SMILES string of the molecule is CC(F)(F)S(=O)(=O)c1ccc(CC2CC3(C2)CN(C(=O)N2CC[C@H]4OCC(=O)N[C@H]4C2)C3)nc1.[HH]. The third-order valence-electron chi connectivity index (χ3n) is 7.44. The van der Waals surface area contributed by atoms with Gasteiger partial charge in [-0.3, -0.25) is 9.78 Å². The number of fused-ring (bicyclic) bond motifs is 1. The Hall–Kier alpha value is -2.34. The van der Waals surface area contributed by atoms with Gasteiger partial charge in [0.2, 0.25) is 15.7 Å². The van der Waals surface area contributed by atoms with Gasteiger partial charge in [0.1, 0.15) is 6.61 Å². The lowest BCUT2D eigenvalue weighted by molar-refractivity contribution is -0.140. The molecule has 0 radical (unpaired) electrons. The summed E-state index contributed by atoms with van der Waals surface area (Å²) >= 11 is 0. The van der Waals surface area contributed by atoms with Crippen molar-refractivity contribution in [2.75, 3.05) is 32.8 Å². The number of rotatable bonds is 4. The fourth-order valence-electron chi connectivity index (χ4n) is 5.73. The molecule has 1 spiro atoms. The Morgan fingerprint density at radius 2 is 2.06 bits per heavy atom. The Morgan fingerprint density at radius 3 is 2.71 bits per heavy atom. The number of sulfone groups is 1. The van der Waals surface area contributed by atoms with Crippen LogP contribution in [0.1, 0.15) is 33.3 Å². The summed E-state index contributed by atoms with van der Waals surface area (Å²) < 4.78 is 55.8. The number of urea groups is 1. The minimum absolute atomic E-state index is 0. The van der Waals surface area contributed by atoms with Gasteiger partial charge in [0, 0.05) is 51.8 Å². The number of amides is 3. The Morgan fingerprint density at radius 1 is 1.32 bits per heavy atom. The molecule has 4 heterocycles. The van der Waals surface area contributed by atoms with E-state index in [1.165, 1.54) is 12.1 Å². The zero-order valence-corrected chi connectivity index (χ0v) is 19.7. The Labute approximate surface area is 198 Å². The van der Waals surface area contributed by atoms with E-state index in [0.29, 0.717) is 57.6 Å². The molecule has 9 nitrogen and oxygen atoms in total. The predicted molar refractivity (Wildman–Crippen MR) is 118 cm³/mol. The van der Waals surface area contributed by atoms with E-state index in [-0.39, 0.29) is 37.5 Å². The standard InChI is InChI=1S/C22H28F2N4O5S.H2/c1-21(23,24)34(31,32)16-3-2-15(25-9-16)6-14-7-22(8-14)12-28(13-22)20(30)27-5-4-18-17(10-27)26-19(29)11-33-18;/h2-3,9,14,17-18H,4-8,10-13H2,1H3,(H,26,29);1H/t17-,18+;/m0./s1. The summed E-state index contributed by atoms with van der Waals surface area (Å²) in [5.41, 5.74) is 0.791. The number of carbonyl (C=O) groups is 2. The molecule has 1 saturated carbocycles. The largest absolute Gasteiger partial charge is 0.366 e. The molecular weight excluding hydrogens is 470 g/mol. The second-order valence-corrected chi connectivity index (χ2v) is 12.4. The summed E-state index contributed by atoms with van der Waals surface area (Å²) in [5, 5.41) is -0.937. The number of alkyl halides is 2. The van der Waals surface area contributed by atoms with E-state index in [4.69, 9.17) is 4.74 Å². The van der Waals surface area contributed by atoms with Crippen molar-refractivity contribution >= 4 is 21.8 Å². The Kier molecular flexibility index (Phi) is 5.58. The van der Waals surface area contributed by atoms with E-state index in [9.17, 15) is 26.8 Å². The summed E-state index contributed by atoms with van der Waals surface area (Å²) in [4.78, 5) is 31.7. The number of hydrogen-bond donors (Lipinski definition) is 1. The van der Waals surface area contributed by atoms with Crippen LogP contribution in [-0.4, -0.2) is 85.3 Å². The second-order valence-electron chi connectivity index (χ2n) is 10.2. The maximum Gasteiger partial charge on any atom is 0.347 e. The van der Waals surface area contributed by atoms with Crippen molar-refractivity contribution < 1.29 is 33.0 Å². The van der Waals surface area contributed by atoms with Crippen LogP contribution in [0.2, 0.25) is 0 Å². The van der Waals surface area contributed by atoms with Crippen LogP contribution in [0.15, 0.2) is 23.2 Å². The third-order valence-corrected chi connectivity index (χ3v) is 9.24. The highest BCUT2D eigenvalue weighted by Crippen LogP contribution is 2.53. The summed E-state index contributed by atoms with van der Waals surface area (Å²) in [7, 11) is -4.72. The minimum atomic E-state index is -4.72. The van der Waals surface area contributed by atoms with Crippen molar-refractivity contribution in [3.05, 3.63) is 24.0 Å². The lowest BCUT2D eigenvalue weighted by Gasteiger charge is -2.60. The molecule has 12 heteroatoms. The first-order valence-electron chi connectivity index (χ1n) is 11.5. The molecule has 0 unspecified atom stereocenters. The Balaban J connectivity index is 0.00000289. The number of ether oxygens (including phenoxy) is 1. The molecule has 2 atom stereocenters. The van der Waals surface area contributed by atoms with Crippen molar-refractivity contribution in [2.24, 2.45) is 11.3 Å². The van der Waals surface area contributed by atoms with Gasteiger partial charge in [-0.25, -0.2) is 13.2 Å². The van der Waals surface area contributed by atoms with Crippen LogP contribution in [0.3, 0.4) is 0 Å². The molecule has 3 amide bonds. The van der Waals surface area contributed by atoms with Gasteiger partial charge < -0.3 is 19.9 Å². The molecule has 1 aliphatic carbocycles. The molecule has 4 aliphatic rings. The molecule has 5 rings (SSSR count). The number of nitrogens with one attached hydrogen (secondary N) is 1. The first-order valence-corrected chi connectivity index (χ1v) is 13.0. The van der Waals surface area contributed by atoms with E-state index >= 15 is 0 Å². The lowest BCUT2D eigenvalue weighted by Crippen LogP contribution is -2.68. The zero-order chi connectivity index (χ0) is 24.3. The van der Waals surface area contributed by atoms with Crippen LogP contribution in [0, 0.1) is 11.3 Å². The van der Waals surface area contributed by atoms with Crippen LogP contribution >= 0.6 is 0 Å². The number of hydrogen-bond acceptors (Lipinski definition) is 6. The van der Waals surface area contributed by atoms with Gasteiger partial charge in [-0.2, -0.15) is 8.78 Å². The highest BCUT2D eigenvalue weighted by atomic mass is 32.2. The van der Waals surface area contributed by atoms with Crippen molar-refractivity contribution in [1.82, 2.24) is 20.1 Å². The first-order chi connectivity index (χ1) is 16.0. The van der Waals surface area contributed by atoms with Crippen molar-refractivity contribution in [3.8, 4) is 0 Å². The maximum absolute atomic E-state index is 13.3. The van der Waals surface area contributed by atoms with Gasteiger partial charge in [-0.1, -0.05) is 0 Å². The lowest BCUT2D eigenvalue weighted by atomic mass is 9.57. The highest BCUT2D eigenvalue weighted by molar-refractivity contribution is 7.92. The van der Waals surface area contributed by atoms with Gasteiger partial charge in [0.15, 0.2) is 0 Å². The number of piperidine rings is 1.